The van der Waals surface area contributed by atoms with Gasteiger partial charge in [-0.1, -0.05) is 48.5 Å². The van der Waals surface area contributed by atoms with E-state index >= 15 is 0 Å². The van der Waals surface area contributed by atoms with E-state index in [1.807, 2.05) is 53.4 Å². The van der Waals surface area contributed by atoms with Gasteiger partial charge in [-0.3, -0.25) is 4.79 Å². The maximum absolute atomic E-state index is 12.3. The molecule has 1 fully saturated rings. The highest BCUT2D eigenvalue weighted by Gasteiger charge is 2.26. The van der Waals surface area contributed by atoms with Crippen molar-refractivity contribution in [3.05, 3.63) is 66.2 Å². The molecule has 114 valence electrons. The summed E-state index contributed by atoms with van der Waals surface area (Å²) in [7, 11) is 0. The first-order valence-corrected chi connectivity index (χ1v) is 7.83. The maximum atomic E-state index is 12.3. The molecule has 3 rings (SSSR count). The zero-order chi connectivity index (χ0) is 15.2. The van der Waals surface area contributed by atoms with E-state index in [4.69, 9.17) is 4.74 Å². The SMILES string of the molecule is O=C1CC(c2ccccc2)CCN1CCOc1ccccc1. The summed E-state index contributed by atoms with van der Waals surface area (Å²) >= 11 is 0. The Balaban J connectivity index is 1.48. The molecule has 0 aromatic heterocycles. The van der Waals surface area contributed by atoms with Crippen molar-refractivity contribution in [1.82, 2.24) is 4.90 Å². The van der Waals surface area contributed by atoms with Crippen molar-refractivity contribution >= 4 is 5.91 Å². The minimum absolute atomic E-state index is 0.233. The first-order chi connectivity index (χ1) is 10.8. The monoisotopic (exact) mass is 295 g/mol. The molecule has 1 aliphatic heterocycles. The van der Waals surface area contributed by atoms with Crippen molar-refractivity contribution in [1.29, 1.82) is 0 Å². The number of benzene rings is 2. The van der Waals surface area contributed by atoms with Crippen LogP contribution in [0.5, 0.6) is 5.75 Å². The van der Waals surface area contributed by atoms with Crippen LogP contribution in [0.4, 0.5) is 0 Å². The van der Waals surface area contributed by atoms with Gasteiger partial charge in [-0.15, -0.1) is 0 Å². The van der Waals surface area contributed by atoms with Crippen molar-refractivity contribution in [2.75, 3.05) is 19.7 Å². The van der Waals surface area contributed by atoms with Crippen molar-refractivity contribution < 1.29 is 9.53 Å². The Morgan fingerprint density at radius 3 is 2.36 bits per heavy atom. The number of rotatable bonds is 5. The van der Waals surface area contributed by atoms with Crippen LogP contribution < -0.4 is 4.74 Å². The lowest BCUT2D eigenvalue weighted by atomic mass is 9.89. The lowest BCUT2D eigenvalue weighted by Crippen LogP contribution is -2.40. The van der Waals surface area contributed by atoms with Crippen LogP contribution >= 0.6 is 0 Å². The standard InChI is InChI=1S/C19H21NO2/c21-19-15-17(16-7-3-1-4-8-16)11-12-20(19)13-14-22-18-9-5-2-6-10-18/h1-10,17H,11-15H2. The Labute approximate surface area is 131 Å². The number of para-hydroxylation sites is 1. The largest absolute Gasteiger partial charge is 0.492 e. The van der Waals surface area contributed by atoms with E-state index in [-0.39, 0.29) is 5.91 Å². The summed E-state index contributed by atoms with van der Waals surface area (Å²) in [6.45, 7) is 2.03. The van der Waals surface area contributed by atoms with Gasteiger partial charge in [0.05, 0.1) is 6.54 Å². The van der Waals surface area contributed by atoms with Crippen LogP contribution in [0.2, 0.25) is 0 Å². The first-order valence-electron chi connectivity index (χ1n) is 7.83. The lowest BCUT2D eigenvalue weighted by molar-refractivity contribution is -0.134. The van der Waals surface area contributed by atoms with Gasteiger partial charge in [0.1, 0.15) is 12.4 Å². The van der Waals surface area contributed by atoms with Gasteiger partial charge in [0, 0.05) is 13.0 Å². The summed E-state index contributed by atoms with van der Waals surface area (Å²) in [6.07, 6.45) is 1.64. The summed E-state index contributed by atoms with van der Waals surface area (Å²) in [4.78, 5) is 14.2. The van der Waals surface area contributed by atoms with Crippen molar-refractivity contribution in [2.24, 2.45) is 0 Å². The van der Waals surface area contributed by atoms with E-state index in [0.29, 0.717) is 25.5 Å². The molecular weight excluding hydrogens is 274 g/mol. The Morgan fingerprint density at radius 2 is 1.68 bits per heavy atom. The van der Waals surface area contributed by atoms with Crippen LogP contribution in [0.15, 0.2) is 60.7 Å². The topological polar surface area (TPSA) is 29.5 Å². The number of carbonyl (C=O) groups is 1. The van der Waals surface area contributed by atoms with Crippen molar-refractivity contribution in [2.45, 2.75) is 18.8 Å². The second-order valence-electron chi connectivity index (χ2n) is 5.64. The van der Waals surface area contributed by atoms with E-state index in [2.05, 4.69) is 12.1 Å². The molecule has 0 bridgehead atoms. The van der Waals surface area contributed by atoms with Crippen LogP contribution in [-0.2, 0) is 4.79 Å². The van der Waals surface area contributed by atoms with E-state index in [9.17, 15) is 4.79 Å². The molecular formula is C19H21NO2. The Bertz CT molecular complexity index is 595. The zero-order valence-corrected chi connectivity index (χ0v) is 12.7. The number of ether oxygens (including phenoxy) is 1. The Hall–Kier alpha value is -2.29. The van der Waals surface area contributed by atoms with Crippen LogP contribution in [0.25, 0.3) is 0 Å². The first kappa shape index (κ1) is 14.6. The summed E-state index contributed by atoms with van der Waals surface area (Å²) in [5.41, 5.74) is 1.27. The van der Waals surface area contributed by atoms with Gasteiger partial charge in [0.2, 0.25) is 5.91 Å². The molecule has 1 unspecified atom stereocenters. The smallest absolute Gasteiger partial charge is 0.223 e. The van der Waals surface area contributed by atoms with Crippen LogP contribution in [0.1, 0.15) is 24.3 Å². The highest BCUT2D eigenvalue weighted by molar-refractivity contribution is 5.78. The molecule has 22 heavy (non-hydrogen) atoms. The number of likely N-dealkylation sites (tertiary alicyclic amines) is 1. The van der Waals surface area contributed by atoms with Gasteiger partial charge in [0.25, 0.3) is 0 Å². The van der Waals surface area contributed by atoms with Crippen LogP contribution in [-0.4, -0.2) is 30.5 Å². The van der Waals surface area contributed by atoms with Crippen LogP contribution in [0.3, 0.4) is 0 Å². The molecule has 1 atom stereocenters. The van der Waals surface area contributed by atoms with E-state index in [1.54, 1.807) is 0 Å². The Kier molecular flexibility index (Phi) is 4.74. The summed E-state index contributed by atoms with van der Waals surface area (Å²) in [5.74, 6) is 1.45. The zero-order valence-electron chi connectivity index (χ0n) is 12.7. The molecule has 1 amide bonds. The second-order valence-corrected chi connectivity index (χ2v) is 5.64. The molecule has 1 heterocycles. The fourth-order valence-corrected chi connectivity index (χ4v) is 2.91. The molecule has 3 heteroatoms. The van der Waals surface area contributed by atoms with E-state index in [0.717, 1.165) is 18.7 Å². The minimum atomic E-state index is 0.233. The van der Waals surface area contributed by atoms with Gasteiger partial charge in [-0.2, -0.15) is 0 Å². The minimum Gasteiger partial charge on any atom is -0.492 e. The summed E-state index contributed by atoms with van der Waals surface area (Å²) in [6, 6.07) is 20.1. The maximum Gasteiger partial charge on any atom is 0.223 e. The Morgan fingerprint density at radius 1 is 1.00 bits per heavy atom. The molecule has 1 saturated heterocycles. The number of carbonyl (C=O) groups excluding carboxylic acids is 1. The van der Waals surface area contributed by atoms with Gasteiger partial charge >= 0.3 is 0 Å². The molecule has 0 spiro atoms. The van der Waals surface area contributed by atoms with E-state index in [1.165, 1.54) is 5.56 Å². The van der Waals surface area contributed by atoms with Crippen molar-refractivity contribution in [3.63, 3.8) is 0 Å². The average molecular weight is 295 g/mol. The average Bonchev–Trinajstić information content (AvgIpc) is 2.58. The fraction of sp³-hybridized carbons (Fsp3) is 0.316. The highest BCUT2D eigenvalue weighted by Crippen LogP contribution is 2.28. The quantitative estimate of drug-likeness (QED) is 0.845. The third-order valence-electron chi connectivity index (χ3n) is 4.17. The molecule has 2 aromatic carbocycles. The molecule has 0 aliphatic carbocycles. The van der Waals surface area contributed by atoms with Gasteiger partial charge in [-0.25, -0.2) is 0 Å². The molecule has 1 aliphatic rings. The highest BCUT2D eigenvalue weighted by atomic mass is 16.5. The van der Waals surface area contributed by atoms with Gasteiger partial charge in [-0.05, 0) is 30.0 Å². The van der Waals surface area contributed by atoms with Crippen molar-refractivity contribution in [3.8, 4) is 5.75 Å². The number of nitrogens with zero attached hydrogens (tertiary/aromatic N) is 1. The lowest BCUT2D eigenvalue weighted by Gasteiger charge is -2.31. The normalized spacial score (nSPS) is 18.3. The molecule has 0 N–H and O–H groups in total. The fourth-order valence-electron chi connectivity index (χ4n) is 2.91. The number of hydrogen-bond acceptors (Lipinski definition) is 2. The summed E-state index contributed by atoms with van der Waals surface area (Å²) < 4.78 is 5.67. The third kappa shape index (κ3) is 3.67. The predicted molar refractivity (Wildman–Crippen MR) is 86.9 cm³/mol. The molecule has 0 saturated carbocycles. The van der Waals surface area contributed by atoms with E-state index < -0.39 is 0 Å². The number of hydrogen-bond donors (Lipinski definition) is 0. The molecule has 0 radical (unpaired) electrons. The van der Waals surface area contributed by atoms with Gasteiger partial charge < -0.3 is 9.64 Å². The number of piperidine rings is 1. The van der Waals surface area contributed by atoms with Gasteiger partial charge in [0.15, 0.2) is 0 Å². The summed E-state index contributed by atoms with van der Waals surface area (Å²) in [5, 5.41) is 0. The molecule has 3 nitrogen and oxygen atoms in total. The number of amides is 1. The van der Waals surface area contributed by atoms with Crippen LogP contribution in [0, 0.1) is 0 Å². The second kappa shape index (κ2) is 7.12. The molecule has 2 aromatic rings. The third-order valence-corrected chi connectivity index (χ3v) is 4.17. The predicted octanol–water partition coefficient (Wildman–Crippen LogP) is 3.47.